The van der Waals surface area contributed by atoms with E-state index in [9.17, 15) is 4.79 Å². The van der Waals surface area contributed by atoms with Crippen molar-refractivity contribution < 1.29 is 9.21 Å². The summed E-state index contributed by atoms with van der Waals surface area (Å²) in [6.45, 7) is 2.01. The molecule has 136 valence electrons. The number of furan rings is 1. The van der Waals surface area contributed by atoms with Crippen LogP contribution in [0.4, 0.5) is 5.69 Å². The maximum atomic E-state index is 12.7. The van der Waals surface area contributed by atoms with Crippen molar-refractivity contribution in [1.82, 2.24) is 0 Å². The van der Waals surface area contributed by atoms with Gasteiger partial charge in [-0.25, -0.2) is 0 Å². The van der Waals surface area contributed by atoms with Crippen molar-refractivity contribution in [2.75, 3.05) is 5.32 Å². The van der Waals surface area contributed by atoms with Crippen molar-refractivity contribution in [3.8, 4) is 0 Å². The van der Waals surface area contributed by atoms with Crippen molar-refractivity contribution in [3.63, 3.8) is 0 Å². The standard InChI is InChI=1S/C22H18ClNO2S/c1-2-21(27-16-10-7-14(23)8-11-16)22(25)24-15-9-12-18-17-5-3-4-6-19(17)26-20(18)13-15/h3-13,21H,2H2,1H3,(H,24,25)/t21-/m0/s1. The van der Waals surface area contributed by atoms with Gasteiger partial charge in [-0.2, -0.15) is 0 Å². The van der Waals surface area contributed by atoms with Crippen LogP contribution in [0, 0.1) is 0 Å². The lowest BCUT2D eigenvalue weighted by Gasteiger charge is -2.15. The molecule has 0 unspecified atom stereocenters. The Morgan fingerprint density at radius 1 is 1.04 bits per heavy atom. The lowest BCUT2D eigenvalue weighted by atomic mass is 10.1. The zero-order valence-electron chi connectivity index (χ0n) is 14.7. The van der Waals surface area contributed by atoms with E-state index in [4.69, 9.17) is 16.0 Å². The predicted octanol–water partition coefficient (Wildman–Crippen LogP) is 6.75. The largest absolute Gasteiger partial charge is 0.456 e. The number of carbonyl (C=O) groups is 1. The molecule has 3 aromatic carbocycles. The summed E-state index contributed by atoms with van der Waals surface area (Å²) in [5.74, 6) is -0.0205. The van der Waals surface area contributed by atoms with Gasteiger partial charge >= 0.3 is 0 Å². The van der Waals surface area contributed by atoms with Gasteiger partial charge in [-0.15, -0.1) is 11.8 Å². The minimum atomic E-state index is -0.183. The highest BCUT2D eigenvalue weighted by Gasteiger charge is 2.18. The van der Waals surface area contributed by atoms with Crippen molar-refractivity contribution in [2.24, 2.45) is 0 Å². The van der Waals surface area contributed by atoms with Crippen LogP contribution in [0.2, 0.25) is 5.02 Å². The first kappa shape index (κ1) is 18.0. The van der Waals surface area contributed by atoms with Gasteiger partial charge in [0.15, 0.2) is 0 Å². The molecule has 1 N–H and O–H groups in total. The van der Waals surface area contributed by atoms with Crippen molar-refractivity contribution in [2.45, 2.75) is 23.5 Å². The van der Waals surface area contributed by atoms with E-state index in [0.29, 0.717) is 5.02 Å². The highest BCUT2D eigenvalue weighted by molar-refractivity contribution is 8.00. The Morgan fingerprint density at radius 2 is 1.78 bits per heavy atom. The molecular weight excluding hydrogens is 378 g/mol. The average molecular weight is 396 g/mol. The van der Waals surface area contributed by atoms with E-state index in [1.807, 2.05) is 73.7 Å². The Hall–Kier alpha value is -2.43. The number of hydrogen-bond donors (Lipinski definition) is 1. The summed E-state index contributed by atoms with van der Waals surface area (Å²) in [7, 11) is 0. The van der Waals surface area contributed by atoms with Crippen molar-refractivity contribution in [3.05, 3.63) is 71.8 Å². The summed E-state index contributed by atoms with van der Waals surface area (Å²) < 4.78 is 5.90. The summed E-state index contributed by atoms with van der Waals surface area (Å²) >= 11 is 7.47. The summed E-state index contributed by atoms with van der Waals surface area (Å²) in [6.07, 6.45) is 0.728. The molecule has 3 nitrogen and oxygen atoms in total. The van der Waals surface area contributed by atoms with Gasteiger partial charge in [0.2, 0.25) is 5.91 Å². The van der Waals surface area contributed by atoms with E-state index in [0.717, 1.165) is 38.9 Å². The van der Waals surface area contributed by atoms with Gasteiger partial charge in [-0.1, -0.05) is 36.7 Å². The Labute approximate surface area is 166 Å². The first-order valence-electron chi connectivity index (χ1n) is 8.78. The van der Waals surface area contributed by atoms with Crippen LogP contribution >= 0.6 is 23.4 Å². The fourth-order valence-electron chi connectivity index (χ4n) is 3.03. The topological polar surface area (TPSA) is 42.2 Å². The van der Waals surface area contributed by atoms with Crippen LogP contribution in [-0.4, -0.2) is 11.2 Å². The van der Waals surface area contributed by atoms with E-state index in [2.05, 4.69) is 5.32 Å². The highest BCUT2D eigenvalue weighted by Crippen LogP contribution is 2.31. The quantitative estimate of drug-likeness (QED) is 0.380. The van der Waals surface area contributed by atoms with Crippen LogP contribution in [0.25, 0.3) is 21.9 Å². The summed E-state index contributed by atoms with van der Waals surface area (Å²) in [5.41, 5.74) is 2.36. The second kappa shape index (κ2) is 7.67. The second-order valence-electron chi connectivity index (χ2n) is 6.27. The average Bonchev–Trinajstić information content (AvgIpc) is 3.05. The number of halogens is 1. The molecule has 1 aromatic heterocycles. The van der Waals surface area contributed by atoms with Crippen LogP contribution in [0.15, 0.2) is 76.0 Å². The molecule has 5 heteroatoms. The van der Waals surface area contributed by atoms with Crippen LogP contribution in [-0.2, 0) is 4.79 Å². The molecule has 4 aromatic rings. The SMILES string of the molecule is CC[C@H](Sc1ccc(Cl)cc1)C(=O)Nc1ccc2c(c1)oc1ccccc12. The molecule has 0 fully saturated rings. The molecular formula is C22H18ClNO2S. The first-order chi connectivity index (χ1) is 13.1. The van der Waals surface area contributed by atoms with E-state index in [1.54, 1.807) is 0 Å². The minimum Gasteiger partial charge on any atom is -0.456 e. The number of benzene rings is 3. The molecule has 0 radical (unpaired) electrons. The van der Waals surface area contributed by atoms with Gasteiger partial charge in [-0.05, 0) is 48.9 Å². The van der Waals surface area contributed by atoms with Gasteiger partial charge in [0.25, 0.3) is 0 Å². The molecule has 0 spiro atoms. The lowest BCUT2D eigenvalue weighted by Crippen LogP contribution is -2.24. The Kier molecular flexibility index (Phi) is 5.10. The van der Waals surface area contributed by atoms with E-state index < -0.39 is 0 Å². The smallest absolute Gasteiger partial charge is 0.237 e. The van der Waals surface area contributed by atoms with Gasteiger partial charge in [-0.3, -0.25) is 4.79 Å². The molecule has 0 saturated carbocycles. The van der Waals surface area contributed by atoms with Gasteiger partial charge in [0.05, 0.1) is 5.25 Å². The van der Waals surface area contributed by atoms with Gasteiger partial charge in [0, 0.05) is 32.4 Å². The number of rotatable bonds is 5. The van der Waals surface area contributed by atoms with Crippen molar-refractivity contribution in [1.29, 1.82) is 0 Å². The minimum absolute atomic E-state index is 0.0205. The maximum absolute atomic E-state index is 12.7. The molecule has 0 bridgehead atoms. The Balaban J connectivity index is 1.53. The lowest BCUT2D eigenvalue weighted by molar-refractivity contribution is -0.115. The monoisotopic (exact) mass is 395 g/mol. The predicted molar refractivity (Wildman–Crippen MR) is 114 cm³/mol. The van der Waals surface area contributed by atoms with Crippen LogP contribution in [0.5, 0.6) is 0 Å². The fourth-order valence-corrected chi connectivity index (χ4v) is 4.11. The molecule has 0 saturated heterocycles. The molecule has 1 amide bonds. The summed E-state index contributed by atoms with van der Waals surface area (Å²) in [5, 5.41) is 5.65. The molecule has 0 aliphatic rings. The van der Waals surface area contributed by atoms with Gasteiger partial charge in [0.1, 0.15) is 11.2 Å². The number of fused-ring (bicyclic) bond motifs is 3. The number of nitrogens with one attached hydrogen (secondary N) is 1. The fraction of sp³-hybridized carbons (Fsp3) is 0.136. The number of para-hydroxylation sites is 1. The zero-order chi connectivity index (χ0) is 18.8. The third-order valence-electron chi connectivity index (χ3n) is 4.40. The highest BCUT2D eigenvalue weighted by atomic mass is 35.5. The molecule has 27 heavy (non-hydrogen) atoms. The third-order valence-corrected chi connectivity index (χ3v) is 6.03. The number of thioether (sulfide) groups is 1. The summed E-state index contributed by atoms with van der Waals surface area (Å²) in [4.78, 5) is 13.8. The number of anilines is 1. The normalized spacial score (nSPS) is 12.4. The summed E-state index contributed by atoms with van der Waals surface area (Å²) in [6, 6.07) is 21.3. The molecule has 1 heterocycles. The van der Waals surface area contributed by atoms with E-state index in [1.165, 1.54) is 11.8 Å². The zero-order valence-corrected chi connectivity index (χ0v) is 16.3. The maximum Gasteiger partial charge on any atom is 0.237 e. The molecule has 0 aliphatic heterocycles. The molecule has 1 atom stereocenters. The van der Waals surface area contributed by atoms with Crippen molar-refractivity contribution >= 4 is 56.9 Å². The van der Waals surface area contributed by atoms with E-state index >= 15 is 0 Å². The third kappa shape index (κ3) is 3.82. The van der Waals surface area contributed by atoms with Gasteiger partial charge < -0.3 is 9.73 Å². The molecule has 4 rings (SSSR count). The first-order valence-corrected chi connectivity index (χ1v) is 10.0. The van der Waals surface area contributed by atoms with Crippen LogP contribution in [0.1, 0.15) is 13.3 Å². The Morgan fingerprint density at radius 3 is 2.56 bits per heavy atom. The number of carbonyl (C=O) groups excluding carboxylic acids is 1. The number of hydrogen-bond acceptors (Lipinski definition) is 3. The Bertz CT molecular complexity index is 1100. The molecule has 0 aliphatic carbocycles. The van der Waals surface area contributed by atoms with Crippen LogP contribution < -0.4 is 5.32 Å². The van der Waals surface area contributed by atoms with Crippen LogP contribution in [0.3, 0.4) is 0 Å². The number of amides is 1. The van der Waals surface area contributed by atoms with E-state index in [-0.39, 0.29) is 11.2 Å². The second-order valence-corrected chi connectivity index (χ2v) is 7.98.